The smallest absolute Gasteiger partial charge is 0.267 e. The van der Waals surface area contributed by atoms with Gasteiger partial charge in [0.05, 0.1) is 33.6 Å². The lowest BCUT2D eigenvalue weighted by Crippen LogP contribution is -2.29. The number of hydrogen-bond acceptors (Lipinski definition) is 5. The Morgan fingerprint density at radius 1 is 0.486 bits per heavy atom. The molecule has 6 nitrogen and oxygen atoms in total. The van der Waals surface area contributed by atoms with Gasteiger partial charge in [-0.15, -0.1) is 0 Å². The van der Waals surface area contributed by atoms with E-state index in [0.29, 0.717) is 43.4 Å². The number of rotatable bonds is 4. The third-order valence-electron chi connectivity index (χ3n) is 5.99. The number of carbonyl (C=O) groups excluding carboxylic acids is 4. The molecule has 4 amide bonds. The van der Waals surface area contributed by atoms with Crippen molar-refractivity contribution in [3.63, 3.8) is 0 Å². The van der Waals surface area contributed by atoms with Crippen molar-refractivity contribution in [3.8, 4) is 0 Å². The van der Waals surface area contributed by atoms with Gasteiger partial charge in [-0.2, -0.15) is 0 Å². The fourth-order valence-corrected chi connectivity index (χ4v) is 5.39. The number of fused-ring (bicyclic) bond motifs is 2. The molecule has 2 aliphatic rings. The summed E-state index contributed by atoms with van der Waals surface area (Å²) in [6, 6.07) is 27.8. The SMILES string of the molecule is O=C1c2ccc(Sc3cccc4c3C(=O)N(c3ccccc3)C4=O)cc2C(=O)N1c1ccccc1. The Hall–Kier alpha value is -4.49. The Labute approximate surface area is 204 Å². The Kier molecular flexibility index (Phi) is 4.86. The van der Waals surface area contributed by atoms with Gasteiger partial charge in [-0.25, -0.2) is 9.80 Å². The zero-order chi connectivity index (χ0) is 24.1. The van der Waals surface area contributed by atoms with Gasteiger partial charge in [-0.1, -0.05) is 54.2 Å². The van der Waals surface area contributed by atoms with Crippen molar-refractivity contribution in [2.24, 2.45) is 0 Å². The van der Waals surface area contributed by atoms with Crippen LogP contribution in [0.3, 0.4) is 0 Å². The van der Waals surface area contributed by atoms with Crippen LogP contribution in [0.25, 0.3) is 0 Å². The first-order chi connectivity index (χ1) is 17.0. The van der Waals surface area contributed by atoms with E-state index in [1.165, 1.54) is 21.6 Å². The molecule has 0 saturated carbocycles. The molecule has 0 radical (unpaired) electrons. The Bertz CT molecular complexity index is 1550. The third-order valence-corrected chi connectivity index (χ3v) is 7.04. The summed E-state index contributed by atoms with van der Waals surface area (Å²) >= 11 is 1.28. The van der Waals surface area contributed by atoms with E-state index in [1.807, 2.05) is 12.1 Å². The maximum Gasteiger partial charge on any atom is 0.267 e. The van der Waals surface area contributed by atoms with E-state index >= 15 is 0 Å². The second-order valence-electron chi connectivity index (χ2n) is 8.05. The van der Waals surface area contributed by atoms with Crippen LogP contribution < -0.4 is 9.80 Å². The van der Waals surface area contributed by atoms with E-state index in [1.54, 1.807) is 84.9 Å². The van der Waals surface area contributed by atoms with E-state index < -0.39 is 5.91 Å². The molecule has 4 aromatic carbocycles. The second-order valence-corrected chi connectivity index (χ2v) is 9.17. The maximum atomic E-state index is 13.3. The molecule has 2 heterocycles. The van der Waals surface area contributed by atoms with Gasteiger partial charge in [0.15, 0.2) is 0 Å². The van der Waals surface area contributed by atoms with Crippen LogP contribution >= 0.6 is 11.8 Å². The molecule has 168 valence electrons. The molecule has 0 atom stereocenters. The average molecular weight is 477 g/mol. The highest BCUT2D eigenvalue weighted by atomic mass is 32.2. The van der Waals surface area contributed by atoms with E-state index in [-0.39, 0.29) is 17.7 Å². The van der Waals surface area contributed by atoms with Crippen LogP contribution in [0.2, 0.25) is 0 Å². The quantitative estimate of drug-likeness (QED) is 0.367. The van der Waals surface area contributed by atoms with Crippen molar-refractivity contribution in [2.75, 3.05) is 9.80 Å². The lowest BCUT2D eigenvalue weighted by atomic mass is 10.1. The molecule has 4 aromatic rings. The Morgan fingerprint density at radius 2 is 1.06 bits per heavy atom. The molecule has 35 heavy (non-hydrogen) atoms. The van der Waals surface area contributed by atoms with E-state index in [4.69, 9.17) is 0 Å². The van der Waals surface area contributed by atoms with Crippen molar-refractivity contribution in [2.45, 2.75) is 9.79 Å². The summed E-state index contributed by atoms with van der Waals surface area (Å²) in [5.74, 6) is -1.51. The minimum atomic E-state index is -0.390. The Balaban J connectivity index is 1.34. The van der Waals surface area contributed by atoms with Gasteiger partial charge in [-0.05, 0) is 54.6 Å². The van der Waals surface area contributed by atoms with Gasteiger partial charge in [0.2, 0.25) is 0 Å². The topological polar surface area (TPSA) is 74.8 Å². The summed E-state index contributed by atoms with van der Waals surface area (Å²) in [7, 11) is 0. The minimum absolute atomic E-state index is 0.310. The molecule has 0 unspecified atom stereocenters. The third kappa shape index (κ3) is 3.28. The Morgan fingerprint density at radius 3 is 1.71 bits per heavy atom. The lowest BCUT2D eigenvalue weighted by Gasteiger charge is -2.13. The zero-order valence-corrected chi connectivity index (χ0v) is 19.0. The first kappa shape index (κ1) is 21.1. The predicted octanol–water partition coefficient (Wildman–Crippen LogP) is 5.44. The lowest BCUT2D eigenvalue weighted by molar-refractivity contribution is 0.0910. The van der Waals surface area contributed by atoms with Crippen LogP contribution in [0.1, 0.15) is 41.4 Å². The van der Waals surface area contributed by atoms with Gasteiger partial charge >= 0.3 is 0 Å². The van der Waals surface area contributed by atoms with Crippen molar-refractivity contribution in [1.29, 1.82) is 0 Å². The summed E-state index contributed by atoms with van der Waals surface area (Å²) in [5.41, 5.74) is 2.34. The number of benzene rings is 4. The van der Waals surface area contributed by atoms with Crippen molar-refractivity contribution < 1.29 is 19.2 Å². The molecule has 0 bridgehead atoms. The van der Waals surface area contributed by atoms with E-state index in [2.05, 4.69) is 0 Å². The minimum Gasteiger partial charge on any atom is -0.268 e. The summed E-state index contributed by atoms with van der Waals surface area (Å²) < 4.78 is 0. The number of imide groups is 2. The van der Waals surface area contributed by atoms with Crippen molar-refractivity contribution in [1.82, 2.24) is 0 Å². The molecule has 0 fully saturated rings. The molecule has 0 spiro atoms. The highest BCUT2D eigenvalue weighted by Gasteiger charge is 2.39. The highest BCUT2D eigenvalue weighted by Crippen LogP contribution is 2.39. The molecule has 2 aliphatic heterocycles. The van der Waals surface area contributed by atoms with Crippen molar-refractivity contribution in [3.05, 3.63) is 119 Å². The normalized spacial score (nSPS) is 14.5. The number of anilines is 2. The number of para-hydroxylation sites is 2. The van der Waals surface area contributed by atoms with Crippen LogP contribution in [-0.4, -0.2) is 23.6 Å². The van der Waals surface area contributed by atoms with Crippen LogP contribution in [0.15, 0.2) is 107 Å². The first-order valence-electron chi connectivity index (χ1n) is 10.9. The standard InChI is InChI=1S/C28H16N2O4S/c31-25-20-15-14-19(16-22(20)27(33)29(25)17-8-3-1-4-9-17)35-23-13-7-12-21-24(23)28(34)30(26(21)32)18-10-5-2-6-11-18/h1-16H. The van der Waals surface area contributed by atoms with Crippen LogP contribution in [-0.2, 0) is 0 Å². The molecule has 0 aromatic heterocycles. The molecule has 0 aliphatic carbocycles. The van der Waals surface area contributed by atoms with Gasteiger partial charge in [0.1, 0.15) is 0 Å². The molecular weight excluding hydrogens is 460 g/mol. The molecule has 7 heteroatoms. The van der Waals surface area contributed by atoms with Crippen LogP contribution in [0.4, 0.5) is 11.4 Å². The number of carbonyl (C=O) groups is 4. The monoisotopic (exact) mass is 476 g/mol. The molecule has 6 rings (SSSR count). The van der Waals surface area contributed by atoms with E-state index in [9.17, 15) is 19.2 Å². The fraction of sp³-hybridized carbons (Fsp3) is 0. The molecular formula is C28H16N2O4S. The summed E-state index contributed by atoms with van der Waals surface area (Å²) in [6.07, 6.45) is 0. The van der Waals surface area contributed by atoms with Gasteiger partial charge in [-0.3, -0.25) is 19.2 Å². The zero-order valence-electron chi connectivity index (χ0n) is 18.2. The van der Waals surface area contributed by atoms with Crippen LogP contribution in [0.5, 0.6) is 0 Å². The summed E-state index contributed by atoms with van der Waals surface area (Å²) in [6.45, 7) is 0. The van der Waals surface area contributed by atoms with Gasteiger partial charge in [0, 0.05) is 9.79 Å². The van der Waals surface area contributed by atoms with Crippen molar-refractivity contribution >= 4 is 46.8 Å². The van der Waals surface area contributed by atoms with E-state index in [0.717, 1.165) is 0 Å². The largest absolute Gasteiger partial charge is 0.268 e. The fourth-order valence-electron chi connectivity index (χ4n) is 4.37. The van der Waals surface area contributed by atoms with Crippen LogP contribution in [0, 0.1) is 0 Å². The number of amides is 4. The second kappa shape index (κ2) is 8.07. The molecule has 0 saturated heterocycles. The highest BCUT2D eigenvalue weighted by molar-refractivity contribution is 7.99. The predicted molar refractivity (Wildman–Crippen MR) is 132 cm³/mol. The number of hydrogen-bond donors (Lipinski definition) is 0. The summed E-state index contributed by atoms with van der Waals surface area (Å²) in [5, 5.41) is 0. The average Bonchev–Trinajstić information content (AvgIpc) is 3.29. The number of nitrogens with zero attached hydrogens (tertiary/aromatic N) is 2. The van der Waals surface area contributed by atoms with Gasteiger partial charge in [0.25, 0.3) is 23.6 Å². The van der Waals surface area contributed by atoms with Gasteiger partial charge < -0.3 is 0 Å². The summed E-state index contributed by atoms with van der Waals surface area (Å²) in [4.78, 5) is 55.9. The maximum absolute atomic E-state index is 13.3. The molecule has 0 N–H and O–H groups in total. The first-order valence-corrected chi connectivity index (χ1v) is 11.7.